The van der Waals surface area contributed by atoms with Crippen molar-refractivity contribution in [1.29, 1.82) is 0 Å². The summed E-state index contributed by atoms with van der Waals surface area (Å²) in [5.74, 6) is 0.250. The molecule has 78 valence electrons. The Kier molecular flexibility index (Phi) is 2.37. The third kappa shape index (κ3) is 1.81. The van der Waals surface area contributed by atoms with Gasteiger partial charge in [-0.15, -0.1) is 0 Å². The molecular formula is C10H10N2O3. The molecule has 0 saturated carbocycles. The van der Waals surface area contributed by atoms with E-state index in [4.69, 9.17) is 4.74 Å². The van der Waals surface area contributed by atoms with Crippen LogP contribution in [0.2, 0.25) is 0 Å². The number of hydrogen-bond donors (Lipinski definition) is 0. The molecule has 5 heteroatoms. The average molecular weight is 206 g/mol. The van der Waals surface area contributed by atoms with E-state index >= 15 is 0 Å². The number of carbonyl (C=O) groups is 2. The molecule has 1 amide bonds. The first kappa shape index (κ1) is 9.64. The van der Waals surface area contributed by atoms with Gasteiger partial charge in [-0.05, 0) is 6.07 Å². The standard InChI is InChI=1S/C10H10N2O3/c1-15-9-3-2-7(5-11-9)12-6-8(13)4-10(12)14/h2-3,5H,4,6H2,1H3. The van der Waals surface area contributed by atoms with Gasteiger partial charge in [0.2, 0.25) is 11.8 Å². The maximum absolute atomic E-state index is 11.4. The highest BCUT2D eigenvalue weighted by Crippen LogP contribution is 2.20. The van der Waals surface area contributed by atoms with Crippen molar-refractivity contribution in [2.45, 2.75) is 6.42 Å². The van der Waals surface area contributed by atoms with Crippen LogP contribution in [-0.2, 0) is 9.59 Å². The summed E-state index contributed by atoms with van der Waals surface area (Å²) in [6.07, 6.45) is 1.52. The zero-order valence-corrected chi connectivity index (χ0v) is 8.27. The first-order valence-electron chi connectivity index (χ1n) is 4.53. The van der Waals surface area contributed by atoms with E-state index in [0.717, 1.165) is 0 Å². The highest BCUT2D eigenvalue weighted by atomic mass is 16.5. The van der Waals surface area contributed by atoms with Crippen LogP contribution in [-0.4, -0.2) is 30.3 Å². The number of carbonyl (C=O) groups excluding carboxylic acids is 2. The van der Waals surface area contributed by atoms with Gasteiger partial charge in [-0.3, -0.25) is 9.59 Å². The summed E-state index contributed by atoms with van der Waals surface area (Å²) in [6.45, 7) is 0.146. The van der Waals surface area contributed by atoms with Crippen molar-refractivity contribution < 1.29 is 14.3 Å². The van der Waals surface area contributed by atoms with E-state index in [1.165, 1.54) is 18.2 Å². The zero-order valence-electron chi connectivity index (χ0n) is 8.27. The number of anilines is 1. The molecule has 1 aromatic rings. The van der Waals surface area contributed by atoms with Crippen LogP contribution < -0.4 is 9.64 Å². The normalized spacial score (nSPS) is 15.9. The third-order valence-corrected chi connectivity index (χ3v) is 2.23. The van der Waals surface area contributed by atoms with Gasteiger partial charge >= 0.3 is 0 Å². The van der Waals surface area contributed by atoms with Crippen LogP contribution >= 0.6 is 0 Å². The van der Waals surface area contributed by atoms with Crippen LogP contribution in [0.5, 0.6) is 5.88 Å². The average Bonchev–Trinajstić information content (AvgIpc) is 2.58. The maximum Gasteiger partial charge on any atom is 0.234 e. The second-order valence-electron chi connectivity index (χ2n) is 3.25. The molecule has 1 aliphatic heterocycles. The first-order valence-corrected chi connectivity index (χ1v) is 4.53. The third-order valence-electron chi connectivity index (χ3n) is 2.23. The highest BCUT2D eigenvalue weighted by Gasteiger charge is 2.28. The summed E-state index contributed by atoms with van der Waals surface area (Å²) in [7, 11) is 1.52. The molecule has 0 aliphatic carbocycles. The number of ketones is 1. The Hall–Kier alpha value is -1.91. The van der Waals surface area contributed by atoms with Gasteiger partial charge in [0, 0.05) is 6.07 Å². The molecule has 2 heterocycles. The van der Waals surface area contributed by atoms with E-state index in [0.29, 0.717) is 11.6 Å². The van der Waals surface area contributed by atoms with E-state index in [1.54, 1.807) is 12.1 Å². The fraction of sp³-hybridized carbons (Fsp3) is 0.300. The summed E-state index contributed by atoms with van der Waals surface area (Å²) in [4.78, 5) is 27.8. The zero-order chi connectivity index (χ0) is 10.8. The van der Waals surface area contributed by atoms with Gasteiger partial charge in [-0.1, -0.05) is 0 Å². The Bertz CT molecular complexity index is 400. The highest BCUT2D eigenvalue weighted by molar-refractivity contribution is 6.14. The Morgan fingerprint density at radius 3 is 2.67 bits per heavy atom. The fourth-order valence-corrected chi connectivity index (χ4v) is 1.47. The minimum absolute atomic E-state index is 0.00791. The number of Topliss-reactive ketones (excluding diaryl/α,β-unsaturated/α-hetero) is 1. The number of aromatic nitrogens is 1. The number of nitrogens with zero attached hydrogens (tertiary/aromatic N) is 2. The molecule has 0 bridgehead atoms. The topological polar surface area (TPSA) is 59.5 Å². The van der Waals surface area contributed by atoms with Crippen LogP contribution in [0.3, 0.4) is 0 Å². The molecule has 0 atom stereocenters. The van der Waals surface area contributed by atoms with Crippen LogP contribution in [0.15, 0.2) is 18.3 Å². The monoisotopic (exact) mass is 206 g/mol. The molecule has 1 fully saturated rings. The maximum atomic E-state index is 11.4. The predicted molar refractivity (Wildman–Crippen MR) is 52.8 cm³/mol. The molecule has 0 N–H and O–H groups in total. The molecule has 1 aromatic heterocycles. The van der Waals surface area contributed by atoms with Crippen molar-refractivity contribution in [2.75, 3.05) is 18.6 Å². The van der Waals surface area contributed by atoms with Crippen molar-refractivity contribution >= 4 is 17.4 Å². The van der Waals surface area contributed by atoms with Gasteiger partial charge in [0.05, 0.1) is 32.0 Å². The number of amides is 1. The Morgan fingerprint density at radius 2 is 2.20 bits per heavy atom. The quantitative estimate of drug-likeness (QED) is 0.657. The first-order chi connectivity index (χ1) is 7.20. The minimum atomic E-state index is -0.174. The minimum Gasteiger partial charge on any atom is -0.481 e. The van der Waals surface area contributed by atoms with E-state index in [1.807, 2.05) is 0 Å². The van der Waals surface area contributed by atoms with Gasteiger partial charge in [0.25, 0.3) is 0 Å². The van der Waals surface area contributed by atoms with Crippen molar-refractivity contribution in [3.05, 3.63) is 18.3 Å². The Morgan fingerprint density at radius 1 is 1.40 bits per heavy atom. The lowest BCUT2D eigenvalue weighted by molar-refractivity contribution is -0.121. The van der Waals surface area contributed by atoms with Crippen LogP contribution in [0.1, 0.15) is 6.42 Å². The number of rotatable bonds is 2. The van der Waals surface area contributed by atoms with E-state index < -0.39 is 0 Å². The SMILES string of the molecule is COc1ccc(N2CC(=O)CC2=O)cn1. The molecule has 15 heavy (non-hydrogen) atoms. The Labute approximate surface area is 86.7 Å². The van der Waals surface area contributed by atoms with Crippen LogP contribution in [0.4, 0.5) is 5.69 Å². The van der Waals surface area contributed by atoms with E-state index in [9.17, 15) is 9.59 Å². The molecule has 1 aliphatic rings. The van der Waals surface area contributed by atoms with Crippen molar-refractivity contribution in [1.82, 2.24) is 4.98 Å². The Balaban J connectivity index is 2.22. The van der Waals surface area contributed by atoms with E-state index in [2.05, 4.69) is 4.98 Å². The molecule has 1 saturated heterocycles. The molecule has 5 nitrogen and oxygen atoms in total. The number of ether oxygens (including phenoxy) is 1. The summed E-state index contributed by atoms with van der Waals surface area (Å²) >= 11 is 0. The summed E-state index contributed by atoms with van der Waals surface area (Å²) in [6, 6.07) is 3.37. The molecular weight excluding hydrogens is 196 g/mol. The second-order valence-corrected chi connectivity index (χ2v) is 3.25. The van der Waals surface area contributed by atoms with Crippen molar-refractivity contribution in [3.63, 3.8) is 0 Å². The van der Waals surface area contributed by atoms with Gasteiger partial charge < -0.3 is 9.64 Å². The lowest BCUT2D eigenvalue weighted by Gasteiger charge is -2.13. The lowest BCUT2D eigenvalue weighted by atomic mass is 10.3. The second kappa shape index (κ2) is 3.68. The summed E-state index contributed by atoms with van der Waals surface area (Å²) in [5, 5.41) is 0. The summed E-state index contributed by atoms with van der Waals surface area (Å²) < 4.78 is 4.90. The van der Waals surface area contributed by atoms with E-state index in [-0.39, 0.29) is 24.7 Å². The summed E-state index contributed by atoms with van der Waals surface area (Å²) in [5.41, 5.74) is 0.631. The fourth-order valence-electron chi connectivity index (χ4n) is 1.47. The smallest absolute Gasteiger partial charge is 0.234 e. The van der Waals surface area contributed by atoms with Crippen LogP contribution in [0, 0.1) is 0 Å². The number of hydrogen-bond acceptors (Lipinski definition) is 4. The largest absolute Gasteiger partial charge is 0.481 e. The van der Waals surface area contributed by atoms with Gasteiger partial charge in [0.15, 0.2) is 5.78 Å². The molecule has 0 aromatic carbocycles. The molecule has 0 radical (unpaired) electrons. The predicted octanol–water partition coefficient (Wildman–Crippen LogP) is 0.396. The van der Waals surface area contributed by atoms with Crippen LogP contribution in [0.25, 0.3) is 0 Å². The number of pyridine rings is 1. The molecule has 0 spiro atoms. The van der Waals surface area contributed by atoms with Gasteiger partial charge in [-0.25, -0.2) is 4.98 Å². The molecule has 0 unspecified atom stereocenters. The van der Waals surface area contributed by atoms with Crippen molar-refractivity contribution in [3.8, 4) is 5.88 Å². The van der Waals surface area contributed by atoms with Gasteiger partial charge in [-0.2, -0.15) is 0 Å². The molecule has 2 rings (SSSR count). The number of methoxy groups -OCH3 is 1. The lowest BCUT2D eigenvalue weighted by Crippen LogP contribution is -2.24. The van der Waals surface area contributed by atoms with Gasteiger partial charge in [0.1, 0.15) is 0 Å². The van der Waals surface area contributed by atoms with Crippen molar-refractivity contribution in [2.24, 2.45) is 0 Å².